The minimum atomic E-state index is -0.304. The fraction of sp³-hybridized carbons (Fsp3) is 0.100. The summed E-state index contributed by atoms with van der Waals surface area (Å²) in [5.41, 5.74) is 3.56. The summed E-state index contributed by atoms with van der Waals surface area (Å²) in [6.07, 6.45) is 6.90. The number of rotatable bonds is 4. The Morgan fingerprint density at radius 1 is 1.11 bits per heavy atom. The molecule has 3 heterocycles. The van der Waals surface area contributed by atoms with Crippen molar-refractivity contribution in [2.75, 3.05) is 0 Å². The number of nitrogens with zero attached hydrogens (tertiary/aromatic N) is 3. The van der Waals surface area contributed by atoms with E-state index in [-0.39, 0.29) is 17.8 Å². The molecule has 0 spiro atoms. The van der Waals surface area contributed by atoms with Crippen LogP contribution in [0.1, 0.15) is 29.1 Å². The molecule has 0 radical (unpaired) electrons. The first kappa shape index (κ1) is 17.4. The van der Waals surface area contributed by atoms with Crippen LogP contribution in [0.25, 0.3) is 22.2 Å². The highest BCUT2D eigenvalue weighted by molar-refractivity contribution is 9.10. The minimum absolute atomic E-state index is 0.126. The van der Waals surface area contributed by atoms with Crippen molar-refractivity contribution >= 4 is 32.9 Å². The Kier molecular flexibility index (Phi) is 4.68. The van der Waals surface area contributed by atoms with E-state index in [2.05, 4.69) is 41.2 Å². The molecule has 134 valence electrons. The molecule has 27 heavy (non-hydrogen) atoms. The molecule has 7 heteroatoms. The number of halogens is 1. The van der Waals surface area contributed by atoms with Crippen molar-refractivity contribution in [1.82, 2.24) is 25.3 Å². The lowest BCUT2D eigenvalue weighted by atomic mass is 10.1. The maximum Gasteiger partial charge on any atom is 0.289 e. The van der Waals surface area contributed by atoms with E-state index in [1.807, 2.05) is 49.5 Å². The highest BCUT2D eigenvalue weighted by Crippen LogP contribution is 2.28. The van der Waals surface area contributed by atoms with E-state index >= 15 is 0 Å². The zero-order valence-corrected chi connectivity index (χ0v) is 16.1. The van der Waals surface area contributed by atoms with Gasteiger partial charge in [0.05, 0.1) is 6.04 Å². The molecular weight excluding hydrogens is 406 g/mol. The second-order valence-corrected chi connectivity index (χ2v) is 7.07. The lowest BCUT2D eigenvalue weighted by molar-refractivity contribution is 0.0929. The van der Waals surface area contributed by atoms with Crippen LogP contribution in [-0.2, 0) is 0 Å². The van der Waals surface area contributed by atoms with Crippen LogP contribution in [0.2, 0.25) is 0 Å². The summed E-state index contributed by atoms with van der Waals surface area (Å²) in [5, 5.41) is 3.88. The Hall–Kier alpha value is -3.06. The fourth-order valence-electron chi connectivity index (χ4n) is 2.89. The summed E-state index contributed by atoms with van der Waals surface area (Å²) in [4.78, 5) is 28.4. The predicted octanol–water partition coefficient (Wildman–Crippen LogP) is 4.27. The minimum Gasteiger partial charge on any atom is -0.346 e. The number of benzene rings is 1. The van der Waals surface area contributed by atoms with Crippen molar-refractivity contribution in [2.45, 2.75) is 13.0 Å². The van der Waals surface area contributed by atoms with Gasteiger partial charge < -0.3 is 10.3 Å². The van der Waals surface area contributed by atoms with E-state index in [0.717, 1.165) is 32.2 Å². The Morgan fingerprint density at radius 2 is 1.85 bits per heavy atom. The Morgan fingerprint density at radius 3 is 2.59 bits per heavy atom. The third kappa shape index (κ3) is 3.59. The van der Waals surface area contributed by atoms with Gasteiger partial charge in [0, 0.05) is 45.8 Å². The molecule has 1 atom stereocenters. The maximum absolute atomic E-state index is 12.4. The molecule has 2 N–H and O–H groups in total. The number of amides is 1. The number of fused-ring (bicyclic) bond motifs is 1. The highest BCUT2D eigenvalue weighted by atomic mass is 79.9. The van der Waals surface area contributed by atoms with Crippen LogP contribution in [-0.4, -0.2) is 25.8 Å². The summed E-state index contributed by atoms with van der Waals surface area (Å²) in [6, 6.07) is 11.6. The number of carbonyl (C=O) groups excluding carboxylic acids is 1. The van der Waals surface area contributed by atoms with E-state index < -0.39 is 0 Å². The van der Waals surface area contributed by atoms with Gasteiger partial charge in [-0.3, -0.25) is 4.79 Å². The average Bonchev–Trinajstić information content (AvgIpc) is 3.11. The van der Waals surface area contributed by atoms with Crippen molar-refractivity contribution in [3.8, 4) is 11.1 Å². The molecule has 0 aliphatic rings. The summed E-state index contributed by atoms with van der Waals surface area (Å²) in [5.74, 6) is -0.165. The van der Waals surface area contributed by atoms with Crippen LogP contribution >= 0.6 is 15.9 Å². The zero-order chi connectivity index (χ0) is 18.8. The van der Waals surface area contributed by atoms with Gasteiger partial charge in [0.25, 0.3) is 5.91 Å². The quantitative estimate of drug-likeness (QED) is 0.515. The predicted molar refractivity (Wildman–Crippen MR) is 107 cm³/mol. The largest absolute Gasteiger partial charge is 0.346 e. The van der Waals surface area contributed by atoms with Gasteiger partial charge in [0.2, 0.25) is 5.82 Å². The Balaban J connectivity index is 1.55. The maximum atomic E-state index is 12.4. The van der Waals surface area contributed by atoms with Gasteiger partial charge in [-0.05, 0) is 34.5 Å². The summed E-state index contributed by atoms with van der Waals surface area (Å²) >= 11 is 3.44. The second-order valence-electron chi connectivity index (χ2n) is 6.15. The van der Waals surface area contributed by atoms with E-state index in [1.54, 1.807) is 18.6 Å². The number of hydrogen-bond acceptors (Lipinski definition) is 4. The van der Waals surface area contributed by atoms with E-state index in [9.17, 15) is 4.79 Å². The van der Waals surface area contributed by atoms with Crippen molar-refractivity contribution in [3.05, 3.63) is 77.0 Å². The fourth-order valence-corrected chi connectivity index (χ4v) is 3.22. The van der Waals surface area contributed by atoms with Gasteiger partial charge in [-0.25, -0.2) is 15.0 Å². The Bertz CT molecular complexity index is 1090. The Labute approximate surface area is 164 Å². The van der Waals surface area contributed by atoms with Gasteiger partial charge in [-0.2, -0.15) is 0 Å². The average molecular weight is 422 g/mol. The molecule has 3 aromatic heterocycles. The molecule has 6 nitrogen and oxygen atoms in total. The van der Waals surface area contributed by atoms with Gasteiger partial charge >= 0.3 is 0 Å². The molecule has 1 amide bonds. The number of pyridine rings is 1. The van der Waals surface area contributed by atoms with Gasteiger partial charge in [0.1, 0.15) is 5.65 Å². The van der Waals surface area contributed by atoms with E-state index in [1.165, 1.54) is 0 Å². The standard InChI is InChI=1S/C20H16BrN5O/c1-12(13-5-3-2-4-6-13)26-20(27)19-22-8-14(9-23-19)17-11-25-18-16(17)7-15(21)10-24-18/h2-12H,1H3,(H,24,25)(H,26,27)/t12-/m0/s1. The molecule has 0 saturated heterocycles. The number of aromatic nitrogens is 4. The van der Waals surface area contributed by atoms with Crippen molar-refractivity contribution < 1.29 is 4.79 Å². The molecule has 0 aliphatic carbocycles. The molecule has 4 rings (SSSR count). The molecule has 0 fully saturated rings. The molecular formula is C20H16BrN5O. The topological polar surface area (TPSA) is 83.6 Å². The number of carbonyl (C=O) groups is 1. The van der Waals surface area contributed by atoms with Crippen molar-refractivity contribution in [3.63, 3.8) is 0 Å². The van der Waals surface area contributed by atoms with Gasteiger partial charge in [-0.15, -0.1) is 0 Å². The normalized spacial score (nSPS) is 12.1. The monoisotopic (exact) mass is 421 g/mol. The van der Waals surface area contributed by atoms with Crippen molar-refractivity contribution in [1.29, 1.82) is 0 Å². The molecule has 0 unspecified atom stereocenters. The highest BCUT2D eigenvalue weighted by Gasteiger charge is 2.15. The van der Waals surface area contributed by atoms with Crippen LogP contribution in [0.3, 0.4) is 0 Å². The van der Waals surface area contributed by atoms with Crippen LogP contribution in [0.5, 0.6) is 0 Å². The third-order valence-electron chi connectivity index (χ3n) is 4.31. The van der Waals surface area contributed by atoms with Gasteiger partial charge in [-0.1, -0.05) is 30.3 Å². The molecule has 0 saturated carbocycles. The van der Waals surface area contributed by atoms with Crippen LogP contribution < -0.4 is 5.32 Å². The number of aromatic amines is 1. The van der Waals surface area contributed by atoms with Crippen LogP contribution in [0.15, 0.2) is 65.7 Å². The third-order valence-corrected chi connectivity index (χ3v) is 4.74. The SMILES string of the molecule is C[C@H](NC(=O)c1ncc(-c2c[nH]c3ncc(Br)cc23)cn1)c1ccccc1. The lowest BCUT2D eigenvalue weighted by Gasteiger charge is -2.13. The molecule has 1 aromatic carbocycles. The summed E-state index contributed by atoms with van der Waals surface area (Å²) in [7, 11) is 0. The first-order chi connectivity index (χ1) is 13.1. The molecule has 4 aromatic rings. The van der Waals surface area contributed by atoms with Crippen LogP contribution in [0.4, 0.5) is 0 Å². The van der Waals surface area contributed by atoms with E-state index in [4.69, 9.17) is 0 Å². The van der Waals surface area contributed by atoms with Crippen molar-refractivity contribution in [2.24, 2.45) is 0 Å². The summed E-state index contributed by atoms with van der Waals surface area (Å²) < 4.78 is 0.891. The first-order valence-corrected chi connectivity index (χ1v) is 9.22. The second kappa shape index (κ2) is 7.28. The molecule has 0 aliphatic heterocycles. The number of hydrogen-bond donors (Lipinski definition) is 2. The van der Waals surface area contributed by atoms with Gasteiger partial charge in [0.15, 0.2) is 0 Å². The molecule has 0 bridgehead atoms. The number of H-pyrrole nitrogens is 1. The van der Waals surface area contributed by atoms with E-state index in [0.29, 0.717) is 0 Å². The number of nitrogens with one attached hydrogen (secondary N) is 2. The lowest BCUT2D eigenvalue weighted by Crippen LogP contribution is -2.28. The van der Waals surface area contributed by atoms with Crippen LogP contribution in [0, 0.1) is 0 Å². The smallest absolute Gasteiger partial charge is 0.289 e. The zero-order valence-electron chi connectivity index (χ0n) is 14.5. The summed E-state index contributed by atoms with van der Waals surface area (Å²) in [6.45, 7) is 1.93. The first-order valence-electron chi connectivity index (χ1n) is 8.42.